The first-order valence-electron chi connectivity index (χ1n) is 7.79. The van der Waals surface area contributed by atoms with Gasteiger partial charge in [0.1, 0.15) is 5.70 Å². The maximum atomic E-state index is 12.9. The van der Waals surface area contributed by atoms with Gasteiger partial charge in [0.15, 0.2) is 0 Å². The minimum atomic E-state index is -4.69. The number of carbonyl (C=O) groups is 1. The Balaban J connectivity index is 2.53. The lowest BCUT2D eigenvalue weighted by Crippen LogP contribution is -2.22. The van der Waals surface area contributed by atoms with E-state index < -0.39 is 11.9 Å². The van der Waals surface area contributed by atoms with E-state index in [4.69, 9.17) is 17.3 Å². The van der Waals surface area contributed by atoms with Gasteiger partial charge in [-0.25, -0.2) is 4.99 Å². The zero-order valence-electron chi connectivity index (χ0n) is 14.6. The van der Waals surface area contributed by atoms with Crippen molar-refractivity contribution in [3.63, 3.8) is 0 Å². The Bertz CT molecular complexity index is 888. The van der Waals surface area contributed by atoms with Gasteiger partial charge in [-0.05, 0) is 30.3 Å². The Labute approximate surface area is 159 Å². The molecule has 0 heterocycles. The molecule has 2 aromatic carbocycles. The van der Waals surface area contributed by atoms with Gasteiger partial charge in [0.05, 0.1) is 16.4 Å². The number of nitrogens with zero attached hydrogens (tertiary/aromatic N) is 2. The second kappa shape index (κ2) is 8.26. The van der Waals surface area contributed by atoms with Gasteiger partial charge in [-0.1, -0.05) is 35.9 Å². The fourth-order valence-corrected chi connectivity index (χ4v) is 2.30. The third kappa shape index (κ3) is 5.34. The fourth-order valence-electron chi connectivity index (χ4n) is 2.12. The largest absolute Gasteiger partial charge is 0.430 e. The highest BCUT2D eigenvalue weighted by Gasteiger charge is 2.31. The van der Waals surface area contributed by atoms with Crippen molar-refractivity contribution in [1.29, 1.82) is 0 Å². The van der Waals surface area contributed by atoms with Gasteiger partial charge in [-0.3, -0.25) is 4.79 Å². The van der Waals surface area contributed by atoms with Crippen molar-refractivity contribution in [2.75, 3.05) is 14.1 Å². The molecule has 0 aromatic heterocycles. The van der Waals surface area contributed by atoms with E-state index in [0.717, 1.165) is 6.08 Å². The molecule has 0 aliphatic carbocycles. The van der Waals surface area contributed by atoms with Crippen LogP contribution in [0.5, 0.6) is 0 Å². The van der Waals surface area contributed by atoms with Gasteiger partial charge in [0.25, 0.3) is 5.91 Å². The number of nitrogens with two attached hydrogens (primary N) is 1. The highest BCUT2D eigenvalue weighted by molar-refractivity contribution is 6.33. The first-order chi connectivity index (χ1) is 12.6. The van der Waals surface area contributed by atoms with Crippen molar-refractivity contribution in [2.45, 2.75) is 6.18 Å². The van der Waals surface area contributed by atoms with E-state index in [1.807, 2.05) is 0 Å². The number of para-hydroxylation sites is 1. The normalized spacial score (nSPS) is 12.8. The average Bonchev–Trinajstić information content (AvgIpc) is 2.61. The smallest absolute Gasteiger partial charge is 0.395 e. The summed E-state index contributed by atoms with van der Waals surface area (Å²) in [5, 5.41) is 0.286. The van der Waals surface area contributed by atoms with Crippen LogP contribution in [0.1, 0.15) is 15.9 Å². The number of rotatable bonds is 4. The molecule has 0 saturated carbocycles. The molecule has 1 amide bonds. The fraction of sp³-hybridized carbons (Fsp3) is 0.158. The summed E-state index contributed by atoms with van der Waals surface area (Å²) in [6.45, 7) is 0. The first-order valence-corrected chi connectivity index (χ1v) is 8.17. The summed E-state index contributed by atoms with van der Waals surface area (Å²) in [7, 11) is 3.21. The van der Waals surface area contributed by atoms with E-state index in [1.54, 1.807) is 38.4 Å². The molecular formula is C19H17ClF3N3O. The van der Waals surface area contributed by atoms with Crippen LogP contribution in [0.4, 0.5) is 18.9 Å². The molecule has 0 unspecified atom stereocenters. The monoisotopic (exact) mass is 395 g/mol. The lowest BCUT2D eigenvalue weighted by Gasteiger charge is -2.12. The van der Waals surface area contributed by atoms with Gasteiger partial charge < -0.3 is 10.6 Å². The molecule has 0 atom stereocenters. The number of aliphatic imine (C=N–C) groups is 1. The van der Waals surface area contributed by atoms with Crippen molar-refractivity contribution in [3.05, 3.63) is 76.5 Å². The first kappa shape index (κ1) is 20.5. The highest BCUT2D eigenvalue weighted by Crippen LogP contribution is 2.27. The molecule has 2 N–H and O–H groups in total. The van der Waals surface area contributed by atoms with E-state index in [-0.39, 0.29) is 16.6 Å². The van der Waals surface area contributed by atoms with Gasteiger partial charge in [-0.2, -0.15) is 13.2 Å². The minimum Gasteiger partial charge on any atom is -0.395 e. The predicted molar refractivity (Wildman–Crippen MR) is 100 cm³/mol. The zero-order valence-corrected chi connectivity index (χ0v) is 15.3. The van der Waals surface area contributed by atoms with Gasteiger partial charge in [0, 0.05) is 25.2 Å². The summed E-state index contributed by atoms with van der Waals surface area (Å²) in [6, 6.07) is 12.5. The molecule has 4 nitrogen and oxygen atoms in total. The molecule has 0 fully saturated rings. The number of amides is 1. The van der Waals surface area contributed by atoms with E-state index in [0.29, 0.717) is 16.8 Å². The van der Waals surface area contributed by atoms with Gasteiger partial charge >= 0.3 is 6.18 Å². The Morgan fingerprint density at radius 2 is 1.63 bits per heavy atom. The molecule has 2 aromatic rings. The number of alkyl halides is 3. The molecule has 0 aliphatic heterocycles. The number of halogens is 4. The van der Waals surface area contributed by atoms with Crippen LogP contribution in [0, 0.1) is 0 Å². The molecule has 142 valence electrons. The van der Waals surface area contributed by atoms with Crippen molar-refractivity contribution >= 4 is 28.9 Å². The maximum absolute atomic E-state index is 12.9. The van der Waals surface area contributed by atoms with Crippen LogP contribution in [0.2, 0.25) is 5.02 Å². The number of hydrogen-bond donors (Lipinski definition) is 1. The van der Waals surface area contributed by atoms with Crippen LogP contribution in [0.3, 0.4) is 0 Å². The Morgan fingerprint density at radius 3 is 2.15 bits per heavy atom. The van der Waals surface area contributed by atoms with E-state index in [2.05, 4.69) is 4.99 Å². The summed E-state index contributed by atoms with van der Waals surface area (Å²) < 4.78 is 38.6. The molecule has 0 saturated heterocycles. The summed E-state index contributed by atoms with van der Waals surface area (Å²) in [5.74, 6) is -0.225. The third-order valence-corrected chi connectivity index (χ3v) is 3.87. The second-order valence-electron chi connectivity index (χ2n) is 5.82. The van der Waals surface area contributed by atoms with E-state index in [9.17, 15) is 18.0 Å². The Kier molecular flexibility index (Phi) is 6.28. The van der Waals surface area contributed by atoms with Crippen molar-refractivity contribution in [2.24, 2.45) is 10.7 Å². The van der Waals surface area contributed by atoms with Gasteiger partial charge in [0.2, 0.25) is 0 Å². The molecule has 2 rings (SSSR count). The second-order valence-corrected chi connectivity index (χ2v) is 6.23. The number of hydrogen-bond acceptors (Lipinski definition) is 3. The summed E-state index contributed by atoms with van der Waals surface area (Å²) in [4.78, 5) is 17.6. The summed E-state index contributed by atoms with van der Waals surface area (Å²) in [5.41, 5.74) is 4.90. The highest BCUT2D eigenvalue weighted by atomic mass is 35.5. The summed E-state index contributed by atoms with van der Waals surface area (Å²) in [6.07, 6.45) is -3.95. The Morgan fingerprint density at radius 1 is 1.07 bits per heavy atom. The average molecular weight is 396 g/mol. The van der Waals surface area contributed by atoms with E-state index >= 15 is 0 Å². The van der Waals surface area contributed by atoms with Crippen LogP contribution in [-0.4, -0.2) is 36.8 Å². The molecule has 8 heteroatoms. The SMILES string of the molecule is CN(C)C(=O)c1ccc(C(C=C(N)C(F)(F)F)=Nc2ccccc2Cl)cc1. The Hall–Kier alpha value is -2.80. The molecule has 0 aliphatic rings. The van der Waals surface area contributed by atoms with Crippen LogP contribution < -0.4 is 5.73 Å². The summed E-state index contributed by atoms with van der Waals surface area (Å²) >= 11 is 6.05. The topological polar surface area (TPSA) is 58.7 Å². The molecule has 0 radical (unpaired) electrons. The number of benzene rings is 2. The minimum absolute atomic E-state index is 0.0261. The maximum Gasteiger partial charge on any atom is 0.430 e. The molecule has 27 heavy (non-hydrogen) atoms. The zero-order chi connectivity index (χ0) is 20.2. The quantitative estimate of drug-likeness (QED) is 0.771. The number of carbonyl (C=O) groups excluding carboxylic acids is 1. The van der Waals surface area contributed by atoms with Crippen LogP contribution in [0.15, 0.2) is 65.3 Å². The van der Waals surface area contributed by atoms with Crippen LogP contribution in [0.25, 0.3) is 0 Å². The van der Waals surface area contributed by atoms with Crippen molar-refractivity contribution < 1.29 is 18.0 Å². The molecular weight excluding hydrogens is 379 g/mol. The third-order valence-electron chi connectivity index (χ3n) is 3.55. The standard InChI is InChI=1S/C19H17ClF3N3O/c1-26(2)18(27)13-9-7-12(8-10-13)16(11-17(24)19(21,22)23)25-15-6-4-3-5-14(15)20/h3-11H,24H2,1-2H3. The van der Waals surface area contributed by atoms with Gasteiger partial charge in [-0.15, -0.1) is 0 Å². The van der Waals surface area contributed by atoms with Crippen molar-refractivity contribution in [3.8, 4) is 0 Å². The number of allylic oxidation sites excluding steroid dienone is 2. The predicted octanol–water partition coefficient (Wildman–Crippen LogP) is 4.57. The van der Waals surface area contributed by atoms with E-state index in [1.165, 1.54) is 29.2 Å². The molecule has 0 bridgehead atoms. The van der Waals surface area contributed by atoms with Crippen LogP contribution in [-0.2, 0) is 0 Å². The molecule has 0 spiro atoms. The lowest BCUT2D eigenvalue weighted by molar-refractivity contribution is -0.0925. The van der Waals surface area contributed by atoms with Crippen LogP contribution >= 0.6 is 11.6 Å². The lowest BCUT2D eigenvalue weighted by atomic mass is 10.1. The van der Waals surface area contributed by atoms with Crippen molar-refractivity contribution in [1.82, 2.24) is 4.90 Å².